The summed E-state index contributed by atoms with van der Waals surface area (Å²) in [6, 6.07) is 5.97. The number of hydrogen-bond donors (Lipinski definition) is 2. The Balaban J connectivity index is 1.76. The van der Waals surface area contributed by atoms with E-state index in [1.165, 1.54) is 0 Å². The summed E-state index contributed by atoms with van der Waals surface area (Å²) in [6.07, 6.45) is 2.13. The summed E-state index contributed by atoms with van der Waals surface area (Å²) in [5.41, 5.74) is 0.925. The first-order valence-corrected chi connectivity index (χ1v) is 6.54. The maximum Gasteiger partial charge on any atom is 0.246 e. The molecule has 0 unspecified atom stereocenters. The molecule has 5 heteroatoms. The number of aromatic hydroxyl groups is 1. The summed E-state index contributed by atoms with van der Waals surface area (Å²) in [7, 11) is 0. The Bertz CT molecular complexity index is 512. The summed E-state index contributed by atoms with van der Waals surface area (Å²) in [6.45, 7) is 0.684. The molecular formula is C14H16N2O3. The van der Waals surface area contributed by atoms with Gasteiger partial charge in [0.15, 0.2) is 0 Å². The normalized spacial score (nSPS) is 26.2. The molecule has 0 saturated carbocycles. The Hall–Kier alpha value is -2.04. The van der Waals surface area contributed by atoms with E-state index in [1.807, 2.05) is 0 Å². The SMILES string of the molecule is O=C1N[C@H](Cc2ccc(O)cc2)C(=O)N2CCC[C@@H]12. The predicted octanol–water partition coefficient (Wildman–Crippen LogP) is 0.424. The van der Waals surface area contributed by atoms with E-state index in [0.29, 0.717) is 13.0 Å². The van der Waals surface area contributed by atoms with Gasteiger partial charge in [-0.2, -0.15) is 0 Å². The first kappa shape index (κ1) is 12.0. The van der Waals surface area contributed by atoms with Gasteiger partial charge in [0, 0.05) is 13.0 Å². The standard InChI is InChI=1S/C14H16N2O3/c17-10-5-3-9(4-6-10)8-11-14(19)16-7-1-2-12(16)13(18)15-11/h3-6,11-12,17H,1-2,7-8H2,(H,15,18)/t11-,12+/m1/s1. The number of carbonyl (C=O) groups excluding carboxylic acids is 2. The maximum atomic E-state index is 12.3. The van der Waals surface area contributed by atoms with Crippen LogP contribution in [0.5, 0.6) is 5.75 Å². The van der Waals surface area contributed by atoms with Crippen molar-refractivity contribution < 1.29 is 14.7 Å². The molecule has 100 valence electrons. The third kappa shape index (κ3) is 2.16. The molecule has 2 aliphatic rings. The van der Waals surface area contributed by atoms with Crippen LogP contribution in [0.15, 0.2) is 24.3 Å². The highest BCUT2D eigenvalue weighted by Crippen LogP contribution is 2.23. The second-order valence-corrected chi connectivity index (χ2v) is 5.12. The van der Waals surface area contributed by atoms with Gasteiger partial charge in [-0.25, -0.2) is 0 Å². The van der Waals surface area contributed by atoms with Crippen LogP contribution in [-0.2, 0) is 16.0 Å². The van der Waals surface area contributed by atoms with Crippen LogP contribution in [0.1, 0.15) is 18.4 Å². The number of carbonyl (C=O) groups is 2. The van der Waals surface area contributed by atoms with E-state index >= 15 is 0 Å². The number of fused-ring (bicyclic) bond motifs is 1. The maximum absolute atomic E-state index is 12.3. The summed E-state index contributed by atoms with van der Waals surface area (Å²) in [4.78, 5) is 25.9. The van der Waals surface area contributed by atoms with E-state index in [9.17, 15) is 14.7 Å². The molecule has 2 saturated heterocycles. The first-order chi connectivity index (χ1) is 9.15. The van der Waals surface area contributed by atoms with Gasteiger partial charge in [-0.05, 0) is 30.5 Å². The fourth-order valence-electron chi connectivity index (χ4n) is 2.84. The van der Waals surface area contributed by atoms with Gasteiger partial charge in [0.05, 0.1) is 0 Å². The van der Waals surface area contributed by atoms with E-state index in [-0.39, 0.29) is 23.6 Å². The van der Waals surface area contributed by atoms with Crippen LogP contribution in [0.4, 0.5) is 0 Å². The Labute approximate surface area is 111 Å². The van der Waals surface area contributed by atoms with Gasteiger partial charge in [0.1, 0.15) is 17.8 Å². The number of phenols is 1. The van der Waals surface area contributed by atoms with Gasteiger partial charge in [0.2, 0.25) is 11.8 Å². The Morgan fingerprint density at radius 1 is 1.26 bits per heavy atom. The van der Waals surface area contributed by atoms with Crippen molar-refractivity contribution >= 4 is 11.8 Å². The van der Waals surface area contributed by atoms with Crippen LogP contribution in [0, 0.1) is 0 Å². The molecule has 1 aromatic rings. The smallest absolute Gasteiger partial charge is 0.246 e. The fourth-order valence-corrected chi connectivity index (χ4v) is 2.84. The molecule has 2 atom stereocenters. The zero-order valence-electron chi connectivity index (χ0n) is 10.5. The summed E-state index contributed by atoms with van der Waals surface area (Å²) >= 11 is 0. The van der Waals surface area contributed by atoms with Gasteiger partial charge in [-0.1, -0.05) is 12.1 Å². The van der Waals surface area contributed by atoms with Crippen LogP contribution >= 0.6 is 0 Å². The molecule has 0 spiro atoms. The largest absolute Gasteiger partial charge is 0.508 e. The highest BCUT2D eigenvalue weighted by atomic mass is 16.3. The molecule has 2 heterocycles. The molecule has 0 aliphatic carbocycles. The molecule has 2 amide bonds. The van der Waals surface area contributed by atoms with E-state index < -0.39 is 6.04 Å². The second kappa shape index (κ2) is 4.57. The van der Waals surface area contributed by atoms with Crippen LogP contribution in [0.3, 0.4) is 0 Å². The highest BCUT2D eigenvalue weighted by molar-refractivity contribution is 5.97. The predicted molar refractivity (Wildman–Crippen MR) is 68.5 cm³/mol. The molecule has 0 aromatic heterocycles. The lowest BCUT2D eigenvalue weighted by molar-refractivity contribution is -0.146. The Kier molecular flexibility index (Phi) is 2.89. The van der Waals surface area contributed by atoms with E-state index in [0.717, 1.165) is 18.4 Å². The quantitative estimate of drug-likeness (QED) is 0.810. The zero-order chi connectivity index (χ0) is 13.4. The number of piperazine rings is 1. The number of nitrogens with one attached hydrogen (secondary N) is 1. The van der Waals surface area contributed by atoms with Crippen LogP contribution in [0.2, 0.25) is 0 Å². The van der Waals surface area contributed by atoms with Crippen molar-refractivity contribution in [2.75, 3.05) is 6.54 Å². The summed E-state index contributed by atoms with van der Waals surface area (Å²) in [5.74, 6) is 0.165. The molecule has 19 heavy (non-hydrogen) atoms. The van der Waals surface area contributed by atoms with Crippen molar-refractivity contribution in [2.45, 2.75) is 31.3 Å². The minimum atomic E-state index is -0.480. The monoisotopic (exact) mass is 260 g/mol. The molecule has 1 aromatic carbocycles. The van der Waals surface area contributed by atoms with Crippen molar-refractivity contribution in [3.8, 4) is 5.75 Å². The highest BCUT2D eigenvalue weighted by Gasteiger charge is 2.42. The Morgan fingerprint density at radius 2 is 2.00 bits per heavy atom. The van der Waals surface area contributed by atoms with Crippen LogP contribution < -0.4 is 5.32 Å². The van der Waals surface area contributed by atoms with E-state index in [1.54, 1.807) is 29.2 Å². The molecule has 2 N–H and O–H groups in total. The minimum absolute atomic E-state index is 0.00942. The lowest BCUT2D eigenvalue weighted by atomic mass is 10.0. The molecular weight excluding hydrogens is 244 g/mol. The molecule has 0 radical (unpaired) electrons. The van der Waals surface area contributed by atoms with E-state index in [2.05, 4.69) is 5.32 Å². The average Bonchev–Trinajstić information content (AvgIpc) is 2.88. The number of rotatable bonds is 2. The zero-order valence-corrected chi connectivity index (χ0v) is 10.5. The number of hydrogen-bond acceptors (Lipinski definition) is 3. The molecule has 2 fully saturated rings. The number of benzene rings is 1. The summed E-state index contributed by atoms with van der Waals surface area (Å²) in [5, 5.41) is 12.0. The van der Waals surface area contributed by atoms with Crippen molar-refractivity contribution in [1.82, 2.24) is 10.2 Å². The van der Waals surface area contributed by atoms with Crippen molar-refractivity contribution in [2.24, 2.45) is 0 Å². The van der Waals surface area contributed by atoms with Crippen LogP contribution in [-0.4, -0.2) is 40.4 Å². The van der Waals surface area contributed by atoms with Crippen molar-refractivity contribution in [3.63, 3.8) is 0 Å². The number of nitrogens with zero attached hydrogens (tertiary/aromatic N) is 1. The van der Waals surface area contributed by atoms with E-state index in [4.69, 9.17) is 0 Å². The van der Waals surface area contributed by atoms with Gasteiger partial charge in [-0.15, -0.1) is 0 Å². The third-order valence-corrected chi connectivity index (χ3v) is 3.83. The number of amides is 2. The number of phenolic OH excluding ortho intramolecular Hbond substituents is 1. The molecule has 0 bridgehead atoms. The minimum Gasteiger partial charge on any atom is -0.508 e. The van der Waals surface area contributed by atoms with Crippen molar-refractivity contribution in [3.05, 3.63) is 29.8 Å². The Morgan fingerprint density at radius 3 is 2.74 bits per heavy atom. The molecule has 3 rings (SSSR count). The van der Waals surface area contributed by atoms with Crippen molar-refractivity contribution in [1.29, 1.82) is 0 Å². The van der Waals surface area contributed by atoms with Crippen LogP contribution in [0.25, 0.3) is 0 Å². The summed E-state index contributed by atoms with van der Waals surface area (Å²) < 4.78 is 0. The van der Waals surface area contributed by atoms with Gasteiger partial charge in [0.25, 0.3) is 0 Å². The lowest BCUT2D eigenvalue weighted by Crippen LogP contribution is -2.61. The molecule has 2 aliphatic heterocycles. The van der Waals surface area contributed by atoms with Gasteiger partial charge < -0.3 is 15.3 Å². The fraction of sp³-hybridized carbons (Fsp3) is 0.429. The topological polar surface area (TPSA) is 69.6 Å². The lowest BCUT2D eigenvalue weighted by Gasteiger charge is -2.34. The first-order valence-electron chi connectivity index (χ1n) is 6.54. The molecule has 5 nitrogen and oxygen atoms in total. The average molecular weight is 260 g/mol. The second-order valence-electron chi connectivity index (χ2n) is 5.12. The third-order valence-electron chi connectivity index (χ3n) is 3.83. The van der Waals surface area contributed by atoms with Gasteiger partial charge >= 0.3 is 0 Å². The van der Waals surface area contributed by atoms with Gasteiger partial charge in [-0.3, -0.25) is 9.59 Å².